The normalized spacial score (nSPS) is 17.1. The lowest BCUT2D eigenvalue weighted by Crippen LogP contribution is -2.42. The highest BCUT2D eigenvalue weighted by molar-refractivity contribution is 5.92. The molecule has 1 aromatic rings. The van der Waals surface area contributed by atoms with Crippen molar-refractivity contribution in [2.24, 2.45) is 5.92 Å². The first-order chi connectivity index (χ1) is 10.7. The van der Waals surface area contributed by atoms with Crippen LogP contribution >= 0.6 is 0 Å². The highest BCUT2D eigenvalue weighted by Gasteiger charge is 2.33. The van der Waals surface area contributed by atoms with Crippen molar-refractivity contribution < 1.29 is 18.0 Å². The van der Waals surface area contributed by atoms with Gasteiger partial charge in [0.2, 0.25) is 5.91 Å². The number of carbonyl (C=O) groups is 1. The minimum atomic E-state index is -4.20. The minimum Gasteiger partial charge on any atom is -0.363 e. The summed E-state index contributed by atoms with van der Waals surface area (Å²) >= 11 is 0. The van der Waals surface area contributed by atoms with Gasteiger partial charge in [0, 0.05) is 26.1 Å². The zero-order valence-corrected chi connectivity index (χ0v) is 13.1. The second-order valence-electron chi connectivity index (χ2n) is 5.81. The summed E-state index contributed by atoms with van der Waals surface area (Å²) in [4.78, 5) is 23.4. The summed E-state index contributed by atoms with van der Waals surface area (Å²) in [5.41, 5.74) is 0. The molecule has 0 aliphatic carbocycles. The number of piperidine rings is 1. The number of anilines is 2. The smallest absolute Gasteiger partial charge is 0.363 e. The summed E-state index contributed by atoms with van der Waals surface area (Å²) in [5.74, 6) is 0.555. The van der Waals surface area contributed by atoms with Crippen molar-refractivity contribution in [1.29, 1.82) is 0 Å². The first-order valence-corrected chi connectivity index (χ1v) is 7.34. The molecule has 0 atom stereocenters. The fraction of sp³-hybridized carbons (Fsp3) is 0.643. The van der Waals surface area contributed by atoms with Crippen molar-refractivity contribution >= 4 is 17.5 Å². The molecule has 0 aromatic carbocycles. The molecule has 9 heteroatoms. The van der Waals surface area contributed by atoms with E-state index in [1.165, 1.54) is 11.2 Å². The van der Waals surface area contributed by atoms with Gasteiger partial charge in [0.05, 0.1) is 6.54 Å². The van der Waals surface area contributed by atoms with Crippen molar-refractivity contribution in [3.05, 3.63) is 12.4 Å². The standard InChI is InChI=1S/C14H20F3N5O/c1-21(2)12-7-11(18-9-19-12)20-13(23)10-3-5-22(6-4-10)8-14(15,16)17/h7,9-10H,3-6,8H2,1-2H3,(H,18,19,20,23). The number of hydrogen-bond donors (Lipinski definition) is 1. The molecule has 0 radical (unpaired) electrons. The third-order valence-corrected chi connectivity index (χ3v) is 3.72. The largest absolute Gasteiger partial charge is 0.401 e. The van der Waals surface area contributed by atoms with Crippen molar-refractivity contribution in [1.82, 2.24) is 14.9 Å². The topological polar surface area (TPSA) is 61.4 Å². The first-order valence-electron chi connectivity index (χ1n) is 7.34. The van der Waals surface area contributed by atoms with Gasteiger partial charge in [-0.1, -0.05) is 0 Å². The predicted molar refractivity (Wildman–Crippen MR) is 80.2 cm³/mol. The Bertz CT molecular complexity index is 541. The Labute approximate surface area is 132 Å². The number of halogens is 3. The van der Waals surface area contributed by atoms with Crippen LogP contribution in [0.3, 0.4) is 0 Å². The monoisotopic (exact) mass is 331 g/mol. The van der Waals surface area contributed by atoms with E-state index in [9.17, 15) is 18.0 Å². The lowest BCUT2D eigenvalue weighted by atomic mass is 9.96. The van der Waals surface area contributed by atoms with Gasteiger partial charge in [-0.25, -0.2) is 9.97 Å². The molecule has 1 fully saturated rings. The molecule has 6 nitrogen and oxygen atoms in total. The second kappa shape index (κ2) is 7.12. The van der Waals surface area contributed by atoms with E-state index in [2.05, 4.69) is 15.3 Å². The third-order valence-electron chi connectivity index (χ3n) is 3.72. The fourth-order valence-electron chi connectivity index (χ4n) is 2.50. The lowest BCUT2D eigenvalue weighted by molar-refractivity contribution is -0.149. The maximum atomic E-state index is 12.3. The van der Waals surface area contributed by atoms with Crippen LogP contribution in [-0.2, 0) is 4.79 Å². The molecule has 1 saturated heterocycles. The lowest BCUT2D eigenvalue weighted by Gasteiger charge is -2.31. The van der Waals surface area contributed by atoms with Crippen LogP contribution in [0.5, 0.6) is 0 Å². The molecule has 0 spiro atoms. The molecule has 1 aromatic heterocycles. The summed E-state index contributed by atoms with van der Waals surface area (Å²) in [5, 5.41) is 2.71. The number of likely N-dealkylation sites (tertiary alicyclic amines) is 1. The number of hydrogen-bond acceptors (Lipinski definition) is 5. The number of nitrogens with zero attached hydrogens (tertiary/aromatic N) is 4. The zero-order valence-electron chi connectivity index (χ0n) is 13.1. The van der Waals surface area contributed by atoms with E-state index in [0.717, 1.165) is 0 Å². The van der Waals surface area contributed by atoms with E-state index in [1.54, 1.807) is 11.0 Å². The second-order valence-corrected chi connectivity index (χ2v) is 5.81. The Morgan fingerprint density at radius 1 is 1.35 bits per heavy atom. The molecular formula is C14H20F3N5O. The summed E-state index contributed by atoms with van der Waals surface area (Å²) in [6, 6.07) is 1.65. The quantitative estimate of drug-likeness (QED) is 0.911. The van der Waals surface area contributed by atoms with Gasteiger partial charge >= 0.3 is 6.18 Å². The van der Waals surface area contributed by atoms with E-state index in [0.29, 0.717) is 24.5 Å². The molecule has 128 valence electrons. The SMILES string of the molecule is CN(C)c1cc(NC(=O)C2CCN(CC(F)(F)F)CC2)ncn1. The van der Waals surface area contributed by atoms with E-state index in [1.807, 2.05) is 14.1 Å². The summed E-state index contributed by atoms with van der Waals surface area (Å²) in [6.45, 7) is -0.381. The highest BCUT2D eigenvalue weighted by atomic mass is 19.4. The maximum Gasteiger partial charge on any atom is 0.401 e. The molecule has 1 aliphatic rings. The van der Waals surface area contributed by atoms with Crippen LogP contribution < -0.4 is 10.2 Å². The highest BCUT2D eigenvalue weighted by Crippen LogP contribution is 2.23. The maximum absolute atomic E-state index is 12.3. The number of nitrogens with one attached hydrogen (secondary N) is 1. The van der Waals surface area contributed by atoms with Crippen LogP contribution in [0.2, 0.25) is 0 Å². The van der Waals surface area contributed by atoms with Gasteiger partial charge < -0.3 is 10.2 Å². The van der Waals surface area contributed by atoms with Gasteiger partial charge in [0.15, 0.2) is 0 Å². The number of carbonyl (C=O) groups excluding carboxylic acids is 1. The average molecular weight is 331 g/mol. The van der Waals surface area contributed by atoms with Gasteiger partial charge in [0.25, 0.3) is 0 Å². The summed E-state index contributed by atoms with van der Waals surface area (Å²) < 4.78 is 37.0. The molecular weight excluding hydrogens is 311 g/mol. The van der Waals surface area contributed by atoms with Gasteiger partial charge in [-0.05, 0) is 25.9 Å². The van der Waals surface area contributed by atoms with E-state index < -0.39 is 12.7 Å². The van der Waals surface area contributed by atoms with Crippen LogP contribution in [0.15, 0.2) is 12.4 Å². The van der Waals surface area contributed by atoms with E-state index in [4.69, 9.17) is 0 Å². The van der Waals surface area contributed by atoms with Crippen molar-refractivity contribution in [2.45, 2.75) is 19.0 Å². The van der Waals surface area contributed by atoms with Crippen LogP contribution in [0, 0.1) is 5.92 Å². The minimum absolute atomic E-state index is 0.208. The first kappa shape index (κ1) is 17.5. The molecule has 1 aliphatic heterocycles. The Morgan fingerprint density at radius 3 is 2.57 bits per heavy atom. The number of aromatic nitrogens is 2. The fourth-order valence-corrected chi connectivity index (χ4v) is 2.50. The number of alkyl halides is 3. The Kier molecular flexibility index (Phi) is 5.40. The molecule has 23 heavy (non-hydrogen) atoms. The number of rotatable bonds is 4. The van der Waals surface area contributed by atoms with Gasteiger partial charge in [0.1, 0.15) is 18.0 Å². The van der Waals surface area contributed by atoms with Crippen molar-refractivity contribution in [2.75, 3.05) is 43.9 Å². The molecule has 1 amide bonds. The van der Waals surface area contributed by atoms with Gasteiger partial charge in [-0.15, -0.1) is 0 Å². The molecule has 1 N–H and O–H groups in total. The third kappa shape index (κ3) is 5.34. The van der Waals surface area contributed by atoms with Gasteiger partial charge in [-0.3, -0.25) is 9.69 Å². The Hall–Kier alpha value is -1.90. The van der Waals surface area contributed by atoms with E-state index in [-0.39, 0.29) is 24.9 Å². The molecule has 0 saturated carbocycles. The Morgan fingerprint density at radius 2 is 2.00 bits per heavy atom. The Balaban J connectivity index is 1.87. The van der Waals surface area contributed by atoms with Crippen LogP contribution in [0.1, 0.15) is 12.8 Å². The summed E-state index contributed by atoms with van der Waals surface area (Å²) in [6.07, 6.45) is -2.02. The molecule has 2 heterocycles. The number of amides is 1. The molecule has 0 bridgehead atoms. The zero-order chi connectivity index (χ0) is 17.0. The van der Waals surface area contributed by atoms with E-state index >= 15 is 0 Å². The van der Waals surface area contributed by atoms with Crippen molar-refractivity contribution in [3.8, 4) is 0 Å². The van der Waals surface area contributed by atoms with Gasteiger partial charge in [-0.2, -0.15) is 13.2 Å². The van der Waals surface area contributed by atoms with Crippen LogP contribution in [0.4, 0.5) is 24.8 Å². The average Bonchev–Trinajstić information content (AvgIpc) is 2.46. The van der Waals surface area contributed by atoms with Crippen molar-refractivity contribution in [3.63, 3.8) is 0 Å². The molecule has 2 rings (SSSR count). The van der Waals surface area contributed by atoms with Crippen LogP contribution in [0.25, 0.3) is 0 Å². The summed E-state index contributed by atoms with van der Waals surface area (Å²) in [7, 11) is 3.65. The predicted octanol–water partition coefficient (Wildman–Crippen LogP) is 1.76. The van der Waals surface area contributed by atoms with Crippen LogP contribution in [-0.4, -0.2) is 60.7 Å². The molecule has 0 unspecified atom stereocenters.